The summed E-state index contributed by atoms with van der Waals surface area (Å²) in [6, 6.07) is 0. The van der Waals surface area contributed by atoms with Gasteiger partial charge in [-0.25, -0.2) is 0 Å². The SMILES string of the molecule is C.C1=COC1. The third kappa shape index (κ3) is 0.670. The molecule has 0 aromatic heterocycles. The Labute approximate surface area is 32.3 Å². The molecule has 0 saturated carbocycles. The molecule has 0 unspecified atom stereocenters. The van der Waals surface area contributed by atoms with Gasteiger partial charge < -0.3 is 4.74 Å². The van der Waals surface area contributed by atoms with Gasteiger partial charge in [-0.2, -0.15) is 0 Å². The molecule has 0 saturated heterocycles. The van der Waals surface area contributed by atoms with E-state index in [-0.39, 0.29) is 7.43 Å². The van der Waals surface area contributed by atoms with Gasteiger partial charge in [0.1, 0.15) is 6.61 Å². The Morgan fingerprint density at radius 2 is 1.80 bits per heavy atom. The van der Waals surface area contributed by atoms with Gasteiger partial charge >= 0.3 is 0 Å². The molecule has 1 rings (SSSR count). The number of hydrogen-bond acceptors (Lipinski definition) is 1. The molecular weight excluding hydrogens is 64.0 g/mol. The average molecular weight is 72.1 g/mol. The van der Waals surface area contributed by atoms with Crippen LogP contribution in [0.5, 0.6) is 0 Å². The van der Waals surface area contributed by atoms with Crippen LogP contribution in [0.1, 0.15) is 7.43 Å². The molecule has 0 radical (unpaired) electrons. The Kier molecular flexibility index (Phi) is 1.65. The van der Waals surface area contributed by atoms with E-state index >= 15 is 0 Å². The van der Waals surface area contributed by atoms with Crippen molar-refractivity contribution >= 4 is 0 Å². The highest BCUT2D eigenvalue weighted by Crippen LogP contribution is 1.87. The second-order valence-electron chi connectivity index (χ2n) is 0.705. The van der Waals surface area contributed by atoms with Gasteiger partial charge in [-0.1, -0.05) is 7.43 Å². The molecule has 0 fully saturated rings. The first-order chi connectivity index (χ1) is 2.00. The van der Waals surface area contributed by atoms with E-state index in [1.54, 1.807) is 6.26 Å². The van der Waals surface area contributed by atoms with Crippen LogP contribution in [0.25, 0.3) is 0 Å². The van der Waals surface area contributed by atoms with Crippen LogP contribution >= 0.6 is 0 Å². The van der Waals surface area contributed by atoms with Crippen LogP contribution in [-0.2, 0) is 4.74 Å². The summed E-state index contributed by atoms with van der Waals surface area (Å²) in [5.41, 5.74) is 0. The fourth-order valence-electron chi connectivity index (χ4n) is 0.0962. The Morgan fingerprint density at radius 1 is 1.60 bits per heavy atom. The van der Waals surface area contributed by atoms with Crippen molar-refractivity contribution in [3.8, 4) is 0 Å². The summed E-state index contributed by atoms with van der Waals surface area (Å²) in [5, 5.41) is 0. The van der Waals surface area contributed by atoms with Crippen molar-refractivity contribution in [3.05, 3.63) is 12.3 Å². The molecule has 1 heterocycles. The average Bonchev–Trinajstić information content (AvgIpc) is 0.722. The van der Waals surface area contributed by atoms with Crippen LogP contribution in [0.3, 0.4) is 0 Å². The van der Waals surface area contributed by atoms with E-state index in [0.717, 1.165) is 6.61 Å². The quantitative estimate of drug-likeness (QED) is 0.417. The van der Waals surface area contributed by atoms with Crippen molar-refractivity contribution in [2.75, 3.05) is 6.61 Å². The van der Waals surface area contributed by atoms with Gasteiger partial charge in [-0.15, -0.1) is 0 Å². The van der Waals surface area contributed by atoms with Crippen LogP contribution in [0.15, 0.2) is 12.3 Å². The lowest BCUT2D eigenvalue weighted by Crippen LogP contribution is -1.89. The minimum Gasteiger partial charge on any atom is -0.497 e. The molecule has 30 valence electrons. The molecule has 0 N–H and O–H groups in total. The van der Waals surface area contributed by atoms with Crippen LogP contribution in [0.2, 0.25) is 0 Å². The van der Waals surface area contributed by atoms with E-state index in [1.165, 1.54) is 0 Å². The van der Waals surface area contributed by atoms with E-state index in [9.17, 15) is 0 Å². The largest absolute Gasteiger partial charge is 0.497 e. The van der Waals surface area contributed by atoms with Gasteiger partial charge in [0.25, 0.3) is 0 Å². The molecule has 0 aromatic rings. The van der Waals surface area contributed by atoms with Gasteiger partial charge in [0, 0.05) is 0 Å². The molecule has 5 heavy (non-hydrogen) atoms. The summed E-state index contributed by atoms with van der Waals surface area (Å²) in [6.45, 7) is 0.819. The Balaban J connectivity index is 0.000000160. The maximum absolute atomic E-state index is 4.54. The molecule has 1 aliphatic rings. The first-order valence-corrected chi connectivity index (χ1v) is 1.27. The molecule has 0 bridgehead atoms. The zero-order valence-electron chi connectivity index (χ0n) is 2.27. The highest BCUT2D eigenvalue weighted by atomic mass is 16.5. The molecule has 1 aliphatic heterocycles. The second-order valence-corrected chi connectivity index (χ2v) is 0.705. The standard InChI is InChI=1S/C3H4O.CH4/c1-2-4-3-1;/h1-2H,3H2;1H4. The normalized spacial score (nSPS) is 14.4. The van der Waals surface area contributed by atoms with E-state index in [0.29, 0.717) is 0 Å². The van der Waals surface area contributed by atoms with Crippen molar-refractivity contribution in [1.82, 2.24) is 0 Å². The van der Waals surface area contributed by atoms with Crippen LogP contribution in [0, 0.1) is 0 Å². The van der Waals surface area contributed by atoms with Gasteiger partial charge in [0.2, 0.25) is 0 Å². The molecule has 0 aliphatic carbocycles. The van der Waals surface area contributed by atoms with E-state index in [4.69, 9.17) is 0 Å². The maximum atomic E-state index is 4.54. The second kappa shape index (κ2) is 1.82. The summed E-state index contributed by atoms with van der Waals surface area (Å²) < 4.78 is 4.54. The summed E-state index contributed by atoms with van der Waals surface area (Å²) in [4.78, 5) is 0. The fourth-order valence-corrected chi connectivity index (χ4v) is 0.0962. The first-order valence-electron chi connectivity index (χ1n) is 1.27. The Bertz CT molecular complexity index is 32.9. The van der Waals surface area contributed by atoms with Crippen molar-refractivity contribution in [3.63, 3.8) is 0 Å². The van der Waals surface area contributed by atoms with E-state index < -0.39 is 0 Å². The first kappa shape index (κ1) is 4.54. The summed E-state index contributed by atoms with van der Waals surface area (Å²) in [5.74, 6) is 0. The maximum Gasteiger partial charge on any atom is 0.109 e. The number of hydrogen-bond donors (Lipinski definition) is 0. The molecular formula is C4H8O. The molecule has 1 nitrogen and oxygen atoms in total. The topological polar surface area (TPSA) is 9.23 Å². The monoisotopic (exact) mass is 72.1 g/mol. The minimum absolute atomic E-state index is 0. The van der Waals surface area contributed by atoms with Crippen LogP contribution in [0.4, 0.5) is 0 Å². The zero-order valence-corrected chi connectivity index (χ0v) is 2.27. The van der Waals surface area contributed by atoms with E-state index in [2.05, 4.69) is 4.74 Å². The predicted molar refractivity (Wildman–Crippen MR) is 21.8 cm³/mol. The van der Waals surface area contributed by atoms with Gasteiger partial charge in [-0.05, 0) is 6.08 Å². The highest BCUT2D eigenvalue weighted by Gasteiger charge is 1.79. The van der Waals surface area contributed by atoms with Gasteiger partial charge in [-0.3, -0.25) is 0 Å². The lowest BCUT2D eigenvalue weighted by molar-refractivity contribution is 0.243. The minimum atomic E-state index is 0. The highest BCUT2D eigenvalue weighted by molar-refractivity contribution is 4.81. The van der Waals surface area contributed by atoms with Gasteiger partial charge in [0.05, 0.1) is 6.26 Å². The third-order valence-corrected chi connectivity index (χ3v) is 0.385. The van der Waals surface area contributed by atoms with E-state index in [1.807, 2.05) is 6.08 Å². The fraction of sp³-hybridized carbons (Fsp3) is 0.500. The summed E-state index contributed by atoms with van der Waals surface area (Å²) >= 11 is 0. The predicted octanol–water partition coefficient (Wildman–Crippen LogP) is 1.17. The van der Waals surface area contributed by atoms with Gasteiger partial charge in [0.15, 0.2) is 0 Å². The molecule has 0 aromatic carbocycles. The van der Waals surface area contributed by atoms with Crippen molar-refractivity contribution in [2.45, 2.75) is 7.43 Å². The third-order valence-electron chi connectivity index (χ3n) is 0.385. The van der Waals surface area contributed by atoms with Crippen molar-refractivity contribution in [1.29, 1.82) is 0 Å². The Morgan fingerprint density at radius 3 is 1.80 bits per heavy atom. The molecule has 0 atom stereocenters. The van der Waals surface area contributed by atoms with Crippen molar-refractivity contribution in [2.24, 2.45) is 0 Å². The molecule has 1 heteroatoms. The zero-order chi connectivity index (χ0) is 2.83. The number of rotatable bonds is 0. The van der Waals surface area contributed by atoms with Crippen LogP contribution < -0.4 is 0 Å². The lowest BCUT2D eigenvalue weighted by atomic mass is 10.6. The smallest absolute Gasteiger partial charge is 0.109 e. The Hall–Kier alpha value is -0.460. The van der Waals surface area contributed by atoms with Crippen molar-refractivity contribution < 1.29 is 4.74 Å². The lowest BCUT2D eigenvalue weighted by Gasteiger charge is -1.99. The molecule has 0 spiro atoms. The van der Waals surface area contributed by atoms with Crippen LogP contribution in [-0.4, -0.2) is 6.61 Å². The summed E-state index contributed by atoms with van der Waals surface area (Å²) in [7, 11) is 0. The summed E-state index contributed by atoms with van der Waals surface area (Å²) in [6.07, 6.45) is 3.64. The molecule has 0 amide bonds. The number of ether oxygens (including phenoxy) is 1.